The van der Waals surface area contributed by atoms with Crippen molar-refractivity contribution in [1.29, 1.82) is 0 Å². The van der Waals surface area contributed by atoms with Crippen LogP contribution in [-0.2, 0) is 14.8 Å². The maximum atomic E-state index is 12.8. The number of hydrogen-bond acceptors (Lipinski definition) is 3. The van der Waals surface area contributed by atoms with Gasteiger partial charge in [0.05, 0.1) is 4.90 Å². The first-order valence-corrected chi connectivity index (χ1v) is 9.68. The number of nitrogens with one attached hydrogen (secondary N) is 1. The van der Waals surface area contributed by atoms with Gasteiger partial charge in [-0.3, -0.25) is 4.79 Å². The van der Waals surface area contributed by atoms with E-state index in [0.717, 1.165) is 12.0 Å². The number of carbonyl (C=O) groups is 1. The van der Waals surface area contributed by atoms with Gasteiger partial charge in [0.2, 0.25) is 15.9 Å². The number of allylic oxidation sites excluding steroid dienone is 1. The molecule has 0 bridgehead atoms. The van der Waals surface area contributed by atoms with Crippen LogP contribution in [0.5, 0.6) is 0 Å². The van der Waals surface area contributed by atoms with Gasteiger partial charge >= 0.3 is 0 Å². The second kappa shape index (κ2) is 7.49. The summed E-state index contributed by atoms with van der Waals surface area (Å²) in [4.78, 5) is 12.0. The van der Waals surface area contributed by atoms with Crippen LogP contribution in [0.3, 0.4) is 0 Å². The summed E-state index contributed by atoms with van der Waals surface area (Å²) in [5.74, 6) is 0.515. The molecule has 1 fully saturated rings. The van der Waals surface area contributed by atoms with E-state index < -0.39 is 10.0 Å². The van der Waals surface area contributed by atoms with E-state index in [9.17, 15) is 13.2 Å². The zero-order valence-electron chi connectivity index (χ0n) is 14.7. The van der Waals surface area contributed by atoms with E-state index in [-0.39, 0.29) is 10.8 Å². The molecule has 1 aromatic carbocycles. The molecule has 0 saturated carbocycles. The van der Waals surface area contributed by atoms with Crippen molar-refractivity contribution >= 4 is 21.6 Å². The van der Waals surface area contributed by atoms with Crippen molar-refractivity contribution in [2.45, 2.75) is 39.0 Å². The van der Waals surface area contributed by atoms with Crippen molar-refractivity contribution in [2.75, 3.05) is 18.4 Å². The number of hydrogen-bond donors (Lipinski definition) is 1. The molecular formula is C18H26N2O3S. The van der Waals surface area contributed by atoms with Crippen LogP contribution in [0.2, 0.25) is 0 Å². The molecule has 2 rings (SSSR count). The van der Waals surface area contributed by atoms with Gasteiger partial charge in [-0.05, 0) is 56.4 Å². The second-order valence-corrected chi connectivity index (χ2v) is 8.94. The minimum atomic E-state index is -3.48. The van der Waals surface area contributed by atoms with Crippen LogP contribution in [0.4, 0.5) is 5.69 Å². The lowest BCUT2D eigenvalue weighted by molar-refractivity contribution is -0.111. The minimum absolute atomic E-state index is 0.218. The Kier molecular flexibility index (Phi) is 5.83. The highest BCUT2D eigenvalue weighted by Crippen LogP contribution is 2.27. The van der Waals surface area contributed by atoms with E-state index in [4.69, 9.17) is 0 Å². The molecule has 0 aromatic heterocycles. The third kappa shape index (κ3) is 4.68. The van der Waals surface area contributed by atoms with Gasteiger partial charge in [0.15, 0.2) is 0 Å². The molecule has 2 atom stereocenters. The maximum Gasteiger partial charge on any atom is 0.248 e. The summed E-state index contributed by atoms with van der Waals surface area (Å²) in [6.45, 7) is 8.98. The second-order valence-electron chi connectivity index (χ2n) is 7.00. The average Bonchev–Trinajstić information content (AvgIpc) is 2.45. The molecule has 1 N–H and O–H groups in total. The molecule has 1 amide bonds. The van der Waals surface area contributed by atoms with Crippen molar-refractivity contribution in [3.8, 4) is 0 Å². The summed E-state index contributed by atoms with van der Waals surface area (Å²) in [5.41, 5.74) is 1.48. The number of anilines is 1. The normalized spacial score (nSPS) is 22.0. The Morgan fingerprint density at radius 2 is 1.67 bits per heavy atom. The molecule has 1 saturated heterocycles. The van der Waals surface area contributed by atoms with Gasteiger partial charge in [0.1, 0.15) is 0 Å². The topological polar surface area (TPSA) is 66.5 Å². The van der Waals surface area contributed by atoms with Crippen molar-refractivity contribution in [3.05, 3.63) is 35.9 Å². The number of piperidine rings is 1. The molecule has 1 aromatic rings. The van der Waals surface area contributed by atoms with E-state index in [1.807, 2.05) is 13.8 Å². The first kappa shape index (κ1) is 18.7. The number of carbonyl (C=O) groups excluding carboxylic acids is 1. The van der Waals surface area contributed by atoms with Gasteiger partial charge in [-0.15, -0.1) is 0 Å². The fourth-order valence-electron chi connectivity index (χ4n) is 3.10. The Hall–Kier alpha value is -1.66. The SMILES string of the molecule is CC(C)=CC(=O)Nc1ccc(S(=O)(=O)N2C[C@H](C)C[C@@H](C)C2)cc1. The van der Waals surface area contributed by atoms with Crippen LogP contribution in [-0.4, -0.2) is 31.7 Å². The predicted octanol–water partition coefficient (Wildman–Crippen LogP) is 3.26. The van der Waals surface area contributed by atoms with Crippen molar-refractivity contribution in [1.82, 2.24) is 4.31 Å². The number of rotatable bonds is 4. The highest BCUT2D eigenvalue weighted by molar-refractivity contribution is 7.89. The standard InChI is InChI=1S/C18H26N2O3S/c1-13(2)9-18(21)19-16-5-7-17(8-6-16)24(22,23)20-11-14(3)10-15(4)12-20/h5-9,14-15H,10-12H2,1-4H3,(H,19,21)/t14-,15-/m1/s1. The molecule has 0 unspecified atom stereocenters. The van der Waals surface area contributed by atoms with Gasteiger partial charge in [0, 0.05) is 24.9 Å². The monoisotopic (exact) mass is 350 g/mol. The van der Waals surface area contributed by atoms with Crippen molar-refractivity contribution < 1.29 is 13.2 Å². The zero-order chi connectivity index (χ0) is 17.9. The highest BCUT2D eigenvalue weighted by Gasteiger charge is 2.31. The molecule has 0 spiro atoms. The Morgan fingerprint density at radius 1 is 1.12 bits per heavy atom. The van der Waals surface area contributed by atoms with Crippen LogP contribution in [0.1, 0.15) is 34.1 Å². The van der Waals surface area contributed by atoms with E-state index in [1.54, 1.807) is 28.6 Å². The molecule has 24 heavy (non-hydrogen) atoms. The fraction of sp³-hybridized carbons (Fsp3) is 0.500. The fourth-order valence-corrected chi connectivity index (χ4v) is 4.78. The number of sulfonamides is 1. The quantitative estimate of drug-likeness (QED) is 0.848. The lowest BCUT2D eigenvalue weighted by atomic mass is 9.94. The third-order valence-corrected chi connectivity index (χ3v) is 5.86. The summed E-state index contributed by atoms with van der Waals surface area (Å²) in [5, 5.41) is 2.72. The smallest absolute Gasteiger partial charge is 0.248 e. The zero-order valence-corrected chi connectivity index (χ0v) is 15.6. The number of nitrogens with zero attached hydrogens (tertiary/aromatic N) is 1. The Bertz CT molecular complexity index is 709. The van der Waals surface area contributed by atoms with Gasteiger partial charge < -0.3 is 5.32 Å². The van der Waals surface area contributed by atoms with Crippen LogP contribution >= 0.6 is 0 Å². The third-order valence-electron chi connectivity index (χ3n) is 4.01. The van der Waals surface area contributed by atoms with Crippen LogP contribution in [0.25, 0.3) is 0 Å². The molecule has 0 aliphatic carbocycles. The van der Waals surface area contributed by atoms with E-state index in [2.05, 4.69) is 19.2 Å². The maximum absolute atomic E-state index is 12.8. The number of benzene rings is 1. The first-order valence-electron chi connectivity index (χ1n) is 8.24. The summed E-state index contributed by atoms with van der Waals surface area (Å²) in [7, 11) is -3.48. The van der Waals surface area contributed by atoms with Gasteiger partial charge in [0.25, 0.3) is 0 Å². The summed E-state index contributed by atoms with van der Waals surface area (Å²) in [6.07, 6.45) is 2.56. The van der Waals surface area contributed by atoms with Crippen molar-refractivity contribution in [2.24, 2.45) is 11.8 Å². The molecule has 1 aliphatic rings. The molecular weight excluding hydrogens is 324 g/mol. The lowest BCUT2D eigenvalue weighted by Gasteiger charge is -2.34. The molecule has 6 heteroatoms. The highest BCUT2D eigenvalue weighted by atomic mass is 32.2. The predicted molar refractivity (Wildman–Crippen MR) is 96.2 cm³/mol. The van der Waals surface area contributed by atoms with E-state index in [0.29, 0.717) is 30.6 Å². The van der Waals surface area contributed by atoms with Crippen LogP contribution < -0.4 is 5.32 Å². The van der Waals surface area contributed by atoms with E-state index >= 15 is 0 Å². The minimum Gasteiger partial charge on any atom is -0.323 e. The average molecular weight is 350 g/mol. The van der Waals surface area contributed by atoms with Crippen LogP contribution in [0.15, 0.2) is 40.8 Å². The Balaban J connectivity index is 2.14. The lowest BCUT2D eigenvalue weighted by Crippen LogP contribution is -2.42. The first-order chi connectivity index (χ1) is 11.2. The Morgan fingerprint density at radius 3 is 2.17 bits per heavy atom. The summed E-state index contributed by atoms with van der Waals surface area (Å²) in [6, 6.07) is 6.36. The molecule has 0 radical (unpaired) electrons. The molecule has 5 nitrogen and oxygen atoms in total. The Labute approximate surface area is 144 Å². The van der Waals surface area contributed by atoms with Crippen molar-refractivity contribution in [3.63, 3.8) is 0 Å². The molecule has 132 valence electrons. The largest absolute Gasteiger partial charge is 0.323 e. The van der Waals surface area contributed by atoms with Gasteiger partial charge in [-0.2, -0.15) is 4.31 Å². The van der Waals surface area contributed by atoms with Crippen LogP contribution in [0, 0.1) is 11.8 Å². The van der Waals surface area contributed by atoms with E-state index in [1.165, 1.54) is 6.08 Å². The molecule has 1 heterocycles. The number of amides is 1. The van der Waals surface area contributed by atoms with Gasteiger partial charge in [-0.1, -0.05) is 19.4 Å². The van der Waals surface area contributed by atoms with Gasteiger partial charge in [-0.25, -0.2) is 8.42 Å². The summed E-state index contributed by atoms with van der Waals surface area (Å²) < 4.78 is 27.1. The molecule has 1 aliphatic heterocycles. The summed E-state index contributed by atoms with van der Waals surface area (Å²) >= 11 is 0.